The van der Waals surface area contributed by atoms with Crippen LogP contribution in [0.1, 0.15) is 12.0 Å². The Bertz CT molecular complexity index is 604. The molecule has 21 heavy (non-hydrogen) atoms. The summed E-state index contributed by atoms with van der Waals surface area (Å²) in [6.07, 6.45) is 0.892. The predicted molar refractivity (Wildman–Crippen MR) is 92.4 cm³/mol. The third-order valence-electron chi connectivity index (χ3n) is 2.90. The van der Waals surface area contributed by atoms with Crippen LogP contribution >= 0.6 is 23.8 Å². The summed E-state index contributed by atoms with van der Waals surface area (Å²) in [4.78, 5) is 0.308. The lowest BCUT2D eigenvalue weighted by molar-refractivity contribution is 0.315. The van der Waals surface area contributed by atoms with Gasteiger partial charge < -0.3 is 15.8 Å². The van der Waals surface area contributed by atoms with E-state index < -0.39 is 0 Å². The highest BCUT2D eigenvalue weighted by Gasteiger charge is 2.03. The fraction of sp³-hybridized carbons (Fsp3) is 0.188. The van der Waals surface area contributed by atoms with Crippen molar-refractivity contribution in [3.8, 4) is 5.75 Å². The Morgan fingerprint density at radius 2 is 1.95 bits per heavy atom. The average Bonchev–Trinajstić information content (AvgIpc) is 2.47. The van der Waals surface area contributed by atoms with Crippen LogP contribution in [-0.4, -0.2) is 18.1 Å². The van der Waals surface area contributed by atoms with Gasteiger partial charge in [0, 0.05) is 17.8 Å². The maximum Gasteiger partial charge on any atom is 0.119 e. The van der Waals surface area contributed by atoms with Crippen molar-refractivity contribution in [3.05, 3.63) is 59.1 Å². The van der Waals surface area contributed by atoms with Crippen LogP contribution in [0.3, 0.4) is 0 Å². The van der Waals surface area contributed by atoms with Crippen LogP contribution in [0.5, 0.6) is 5.75 Å². The lowest BCUT2D eigenvalue weighted by Crippen LogP contribution is -2.11. The molecule has 0 radical (unpaired) electrons. The van der Waals surface area contributed by atoms with Crippen LogP contribution in [0.25, 0.3) is 0 Å². The standard InChI is InChI=1S/C16H17ClN2OS/c17-15-11-12(7-8-14(15)16(18)21)19-9-4-10-20-13-5-2-1-3-6-13/h1-3,5-8,11,19H,4,9-10H2,(H2,18,21). The van der Waals surface area contributed by atoms with Crippen molar-refractivity contribution in [1.82, 2.24) is 0 Å². The third kappa shape index (κ3) is 4.92. The summed E-state index contributed by atoms with van der Waals surface area (Å²) in [5.41, 5.74) is 7.21. The summed E-state index contributed by atoms with van der Waals surface area (Å²) < 4.78 is 5.62. The highest BCUT2D eigenvalue weighted by molar-refractivity contribution is 7.80. The monoisotopic (exact) mass is 320 g/mol. The van der Waals surface area contributed by atoms with E-state index in [2.05, 4.69) is 5.32 Å². The molecule has 2 aromatic rings. The molecule has 0 fully saturated rings. The quantitative estimate of drug-likeness (QED) is 0.601. The number of rotatable bonds is 7. The van der Waals surface area contributed by atoms with E-state index >= 15 is 0 Å². The molecule has 0 atom stereocenters. The van der Waals surface area contributed by atoms with E-state index in [0.717, 1.165) is 24.4 Å². The van der Waals surface area contributed by atoms with Gasteiger partial charge in [0.05, 0.1) is 11.6 Å². The maximum atomic E-state index is 6.11. The van der Waals surface area contributed by atoms with E-state index in [0.29, 0.717) is 22.2 Å². The van der Waals surface area contributed by atoms with Crippen LogP contribution in [-0.2, 0) is 0 Å². The Labute approximate surface area is 135 Å². The fourth-order valence-corrected chi connectivity index (χ4v) is 2.35. The number of benzene rings is 2. The number of nitrogens with two attached hydrogens (primary N) is 1. The first kappa shape index (κ1) is 15.6. The molecule has 2 aromatic carbocycles. The van der Waals surface area contributed by atoms with Crippen molar-refractivity contribution in [2.45, 2.75) is 6.42 Å². The normalized spacial score (nSPS) is 10.1. The van der Waals surface area contributed by atoms with Gasteiger partial charge in [-0.25, -0.2) is 0 Å². The number of halogens is 1. The topological polar surface area (TPSA) is 47.3 Å². The van der Waals surface area contributed by atoms with E-state index in [-0.39, 0.29) is 0 Å². The number of thiocarbonyl (C=S) groups is 1. The van der Waals surface area contributed by atoms with Crippen LogP contribution in [0.4, 0.5) is 5.69 Å². The van der Waals surface area contributed by atoms with Gasteiger partial charge in [0.15, 0.2) is 0 Å². The van der Waals surface area contributed by atoms with E-state index in [1.165, 1.54) is 0 Å². The lowest BCUT2D eigenvalue weighted by atomic mass is 10.2. The zero-order valence-corrected chi connectivity index (χ0v) is 13.1. The van der Waals surface area contributed by atoms with E-state index in [4.69, 9.17) is 34.3 Å². The van der Waals surface area contributed by atoms with Gasteiger partial charge >= 0.3 is 0 Å². The Morgan fingerprint density at radius 3 is 2.62 bits per heavy atom. The molecule has 0 aliphatic rings. The minimum absolute atomic E-state index is 0.308. The summed E-state index contributed by atoms with van der Waals surface area (Å²) in [6, 6.07) is 15.3. The lowest BCUT2D eigenvalue weighted by Gasteiger charge is -2.10. The molecule has 5 heteroatoms. The number of para-hydroxylation sites is 1. The van der Waals surface area contributed by atoms with Gasteiger partial charge in [-0.05, 0) is 36.8 Å². The zero-order valence-electron chi connectivity index (χ0n) is 11.5. The van der Waals surface area contributed by atoms with Crippen LogP contribution in [0.2, 0.25) is 5.02 Å². The Balaban J connectivity index is 1.74. The maximum absolute atomic E-state index is 6.11. The molecular formula is C16H17ClN2OS. The summed E-state index contributed by atoms with van der Waals surface area (Å²) in [6.45, 7) is 1.46. The number of hydrogen-bond donors (Lipinski definition) is 2. The molecule has 0 aliphatic heterocycles. The minimum Gasteiger partial charge on any atom is -0.494 e. The van der Waals surface area contributed by atoms with Crippen molar-refractivity contribution in [1.29, 1.82) is 0 Å². The number of ether oxygens (including phenoxy) is 1. The zero-order chi connectivity index (χ0) is 15.1. The number of anilines is 1. The summed E-state index contributed by atoms with van der Waals surface area (Å²) in [7, 11) is 0. The first-order chi connectivity index (χ1) is 10.2. The van der Waals surface area contributed by atoms with Gasteiger partial charge in [-0.15, -0.1) is 0 Å². The summed E-state index contributed by atoms with van der Waals surface area (Å²) in [5.74, 6) is 0.890. The summed E-state index contributed by atoms with van der Waals surface area (Å²) >= 11 is 11.0. The molecule has 0 saturated heterocycles. The molecule has 3 nitrogen and oxygen atoms in total. The van der Waals surface area contributed by atoms with Gasteiger partial charge in [-0.1, -0.05) is 42.0 Å². The minimum atomic E-state index is 0.308. The van der Waals surface area contributed by atoms with Gasteiger partial charge in [-0.2, -0.15) is 0 Å². The average molecular weight is 321 g/mol. The Kier molecular flexibility index (Phi) is 5.84. The molecule has 110 valence electrons. The highest BCUT2D eigenvalue weighted by Crippen LogP contribution is 2.20. The molecule has 0 unspecified atom stereocenters. The van der Waals surface area contributed by atoms with Crippen molar-refractivity contribution in [3.63, 3.8) is 0 Å². The SMILES string of the molecule is NC(=S)c1ccc(NCCCOc2ccccc2)cc1Cl. The van der Waals surface area contributed by atoms with E-state index in [1.54, 1.807) is 0 Å². The van der Waals surface area contributed by atoms with E-state index in [1.807, 2.05) is 48.5 Å². The molecule has 0 aromatic heterocycles. The molecule has 0 amide bonds. The first-order valence-electron chi connectivity index (χ1n) is 6.68. The first-order valence-corrected chi connectivity index (χ1v) is 7.46. The summed E-state index contributed by atoms with van der Waals surface area (Å²) in [5, 5.41) is 3.85. The van der Waals surface area contributed by atoms with Crippen LogP contribution in [0.15, 0.2) is 48.5 Å². The molecule has 3 N–H and O–H groups in total. The van der Waals surface area contributed by atoms with Crippen LogP contribution in [0, 0.1) is 0 Å². The Hall–Kier alpha value is -1.78. The van der Waals surface area contributed by atoms with Crippen molar-refractivity contribution >= 4 is 34.5 Å². The molecule has 0 heterocycles. The fourth-order valence-electron chi connectivity index (χ4n) is 1.84. The van der Waals surface area contributed by atoms with Gasteiger partial charge in [-0.3, -0.25) is 0 Å². The second-order valence-electron chi connectivity index (χ2n) is 4.50. The van der Waals surface area contributed by atoms with Gasteiger partial charge in [0.2, 0.25) is 0 Å². The number of nitrogens with one attached hydrogen (secondary N) is 1. The molecule has 0 spiro atoms. The third-order valence-corrected chi connectivity index (χ3v) is 3.43. The Morgan fingerprint density at radius 1 is 1.19 bits per heavy atom. The van der Waals surface area contributed by atoms with Crippen molar-refractivity contribution in [2.75, 3.05) is 18.5 Å². The molecular weight excluding hydrogens is 304 g/mol. The predicted octanol–water partition coefficient (Wildman–Crippen LogP) is 3.86. The van der Waals surface area contributed by atoms with E-state index in [9.17, 15) is 0 Å². The number of hydrogen-bond acceptors (Lipinski definition) is 3. The smallest absolute Gasteiger partial charge is 0.119 e. The second-order valence-corrected chi connectivity index (χ2v) is 5.35. The van der Waals surface area contributed by atoms with Gasteiger partial charge in [0.25, 0.3) is 0 Å². The molecule has 0 aliphatic carbocycles. The molecule has 0 saturated carbocycles. The van der Waals surface area contributed by atoms with Crippen molar-refractivity contribution in [2.24, 2.45) is 5.73 Å². The molecule has 2 rings (SSSR count). The largest absolute Gasteiger partial charge is 0.494 e. The second kappa shape index (κ2) is 7.86. The molecule has 0 bridgehead atoms. The van der Waals surface area contributed by atoms with Crippen molar-refractivity contribution < 1.29 is 4.74 Å². The van der Waals surface area contributed by atoms with Gasteiger partial charge in [0.1, 0.15) is 10.7 Å². The van der Waals surface area contributed by atoms with Crippen LogP contribution < -0.4 is 15.8 Å². The highest BCUT2D eigenvalue weighted by atomic mass is 35.5.